The molecule has 1 aromatic rings. The summed E-state index contributed by atoms with van der Waals surface area (Å²) in [6.45, 7) is 3.39. The minimum absolute atomic E-state index is 0.125. The molecule has 0 saturated carbocycles. The Morgan fingerprint density at radius 1 is 1.16 bits per heavy atom. The van der Waals surface area contributed by atoms with Gasteiger partial charge in [-0.2, -0.15) is 0 Å². The summed E-state index contributed by atoms with van der Waals surface area (Å²) in [6.07, 6.45) is 11.9. The van der Waals surface area contributed by atoms with E-state index in [0.29, 0.717) is 29.6 Å². The van der Waals surface area contributed by atoms with Crippen LogP contribution < -0.4 is 11.1 Å². The minimum Gasteiger partial charge on any atom is -0.367 e. The lowest BCUT2D eigenvalue weighted by Gasteiger charge is -2.51. The van der Waals surface area contributed by atoms with Gasteiger partial charge in [-0.3, -0.25) is 19.3 Å². The van der Waals surface area contributed by atoms with Gasteiger partial charge in [0.25, 0.3) is 0 Å². The van der Waals surface area contributed by atoms with E-state index in [-0.39, 0.29) is 23.9 Å². The molecule has 1 aliphatic carbocycles. The van der Waals surface area contributed by atoms with Crippen LogP contribution in [0.2, 0.25) is 10.0 Å². The van der Waals surface area contributed by atoms with Crippen LogP contribution in [0.1, 0.15) is 69.8 Å². The van der Waals surface area contributed by atoms with Gasteiger partial charge in [-0.1, -0.05) is 54.8 Å². The number of rotatable bonds is 8. The first-order valence-corrected chi connectivity index (χ1v) is 14.4. The van der Waals surface area contributed by atoms with Crippen molar-refractivity contribution in [3.05, 3.63) is 57.6 Å². The van der Waals surface area contributed by atoms with E-state index in [2.05, 4.69) is 17.1 Å². The number of nitrogens with two attached hydrogens (primary N) is 1. The summed E-state index contributed by atoms with van der Waals surface area (Å²) in [5.41, 5.74) is 6.69. The molecule has 38 heavy (non-hydrogen) atoms. The number of piperidine rings is 2. The molecule has 4 unspecified atom stereocenters. The number of carbonyl (C=O) groups excluding carboxylic acids is 3. The normalized spacial score (nSPS) is 27.1. The smallest absolute Gasteiger partial charge is 0.246 e. The van der Waals surface area contributed by atoms with E-state index in [1.54, 1.807) is 19.2 Å². The van der Waals surface area contributed by atoms with Crippen molar-refractivity contribution in [3.8, 4) is 0 Å². The Hall–Kier alpha value is -2.35. The van der Waals surface area contributed by atoms with Gasteiger partial charge >= 0.3 is 0 Å². The number of hydrogen-bond acceptors (Lipinski definition) is 4. The van der Waals surface area contributed by atoms with E-state index in [9.17, 15) is 14.4 Å². The number of primary amides is 1. The summed E-state index contributed by atoms with van der Waals surface area (Å²) in [5, 5.41) is 3.67. The molecule has 3 aliphatic rings. The third-order valence-corrected chi connectivity index (χ3v) is 8.94. The summed E-state index contributed by atoms with van der Waals surface area (Å²) in [5.74, 6) is -1.30. The van der Waals surface area contributed by atoms with Crippen molar-refractivity contribution in [1.29, 1.82) is 0 Å². The van der Waals surface area contributed by atoms with Crippen LogP contribution in [-0.4, -0.2) is 59.4 Å². The second-order valence-electron chi connectivity index (χ2n) is 10.5. The molecule has 7 nitrogen and oxygen atoms in total. The Bertz CT molecular complexity index is 1140. The predicted octanol–water partition coefficient (Wildman–Crippen LogP) is 4.78. The summed E-state index contributed by atoms with van der Waals surface area (Å²) in [7, 11) is 1.61. The van der Waals surface area contributed by atoms with Crippen LogP contribution >= 0.6 is 23.2 Å². The molecule has 0 radical (unpaired) electrons. The molecule has 206 valence electrons. The Morgan fingerprint density at radius 2 is 1.92 bits per heavy atom. The lowest BCUT2D eigenvalue weighted by Crippen LogP contribution is -2.66. The van der Waals surface area contributed by atoms with Crippen molar-refractivity contribution >= 4 is 40.9 Å². The second kappa shape index (κ2) is 12.2. The predicted molar refractivity (Wildman–Crippen MR) is 151 cm³/mol. The molecule has 3 amide bonds. The minimum atomic E-state index is -1.26. The second-order valence-corrected chi connectivity index (χ2v) is 11.3. The van der Waals surface area contributed by atoms with E-state index < -0.39 is 17.4 Å². The number of nitrogens with one attached hydrogen (secondary N) is 1. The zero-order chi connectivity index (χ0) is 27.4. The van der Waals surface area contributed by atoms with E-state index >= 15 is 0 Å². The number of benzene rings is 1. The molecular weight excluding hydrogens is 523 g/mol. The van der Waals surface area contributed by atoms with Gasteiger partial charge in [0.1, 0.15) is 5.54 Å². The van der Waals surface area contributed by atoms with Crippen LogP contribution in [0.15, 0.2) is 42.0 Å². The quantitative estimate of drug-likeness (QED) is 0.447. The van der Waals surface area contributed by atoms with Gasteiger partial charge in [0, 0.05) is 32.5 Å². The average molecular weight is 562 g/mol. The highest BCUT2D eigenvalue weighted by molar-refractivity contribution is 6.42. The standard InChI is InChI=1S/C29H38Cl2N4O3/c1-3-8-20(19-11-12-23(30)24(31)17-19)22-18-29(28(32)38,14-13-21(22)27(37)33-2)35-16-7-4-9-25(35)34-15-6-5-10-26(34)36/h11-14,17-18,20-21,25H,3-10,15-16H2,1-2H3,(H2,32,38)(H,33,37). The third-order valence-electron chi connectivity index (χ3n) is 8.20. The lowest BCUT2D eigenvalue weighted by atomic mass is 9.73. The van der Waals surface area contributed by atoms with Gasteiger partial charge < -0.3 is 16.0 Å². The van der Waals surface area contributed by atoms with Crippen LogP contribution in [0.3, 0.4) is 0 Å². The maximum Gasteiger partial charge on any atom is 0.246 e. The van der Waals surface area contributed by atoms with Gasteiger partial charge in [-0.05, 0) is 67.9 Å². The highest BCUT2D eigenvalue weighted by Gasteiger charge is 2.49. The van der Waals surface area contributed by atoms with Gasteiger partial charge in [0.15, 0.2) is 0 Å². The molecule has 1 aromatic carbocycles. The van der Waals surface area contributed by atoms with Crippen LogP contribution in [0.25, 0.3) is 0 Å². The Morgan fingerprint density at radius 3 is 2.58 bits per heavy atom. The van der Waals surface area contributed by atoms with E-state index in [4.69, 9.17) is 28.9 Å². The molecule has 2 fully saturated rings. The maximum atomic E-state index is 13.4. The van der Waals surface area contributed by atoms with Gasteiger partial charge in [-0.25, -0.2) is 0 Å². The molecule has 2 heterocycles. The highest BCUT2D eigenvalue weighted by Crippen LogP contribution is 2.43. The van der Waals surface area contributed by atoms with E-state index in [1.165, 1.54) is 0 Å². The average Bonchev–Trinajstić information content (AvgIpc) is 2.92. The number of amides is 3. The molecule has 4 rings (SSSR count). The summed E-state index contributed by atoms with van der Waals surface area (Å²) < 4.78 is 0. The number of carbonyl (C=O) groups is 3. The molecule has 4 atom stereocenters. The van der Waals surface area contributed by atoms with Crippen molar-refractivity contribution in [3.63, 3.8) is 0 Å². The molecule has 0 spiro atoms. The maximum absolute atomic E-state index is 13.4. The molecule has 0 aromatic heterocycles. The molecule has 9 heteroatoms. The first kappa shape index (κ1) is 28.7. The monoisotopic (exact) mass is 560 g/mol. The molecule has 0 bridgehead atoms. The number of halogens is 2. The first-order valence-electron chi connectivity index (χ1n) is 13.7. The topological polar surface area (TPSA) is 95.7 Å². The zero-order valence-electron chi connectivity index (χ0n) is 22.2. The van der Waals surface area contributed by atoms with Crippen molar-refractivity contribution < 1.29 is 14.4 Å². The van der Waals surface area contributed by atoms with Crippen LogP contribution in [0.5, 0.6) is 0 Å². The summed E-state index contributed by atoms with van der Waals surface area (Å²) in [4.78, 5) is 43.5. The van der Waals surface area contributed by atoms with Crippen molar-refractivity contribution in [2.45, 2.75) is 75.9 Å². The van der Waals surface area contributed by atoms with E-state index in [0.717, 1.165) is 56.1 Å². The van der Waals surface area contributed by atoms with Crippen LogP contribution in [0, 0.1) is 5.92 Å². The third kappa shape index (κ3) is 5.51. The molecule has 3 N–H and O–H groups in total. The summed E-state index contributed by atoms with van der Waals surface area (Å²) >= 11 is 12.6. The fraction of sp³-hybridized carbons (Fsp3) is 0.552. The molecule has 2 aliphatic heterocycles. The van der Waals surface area contributed by atoms with Gasteiger partial charge in [0.2, 0.25) is 17.7 Å². The van der Waals surface area contributed by atoms with Crippen molar-refractivity contribution in [2.75, 3.05) is 20.1 Å². The number of nitrogens with zero attached hydrogens (tertiary/aromatic N) is 2. The summed E-state index contributed by atoms with van der Waals surface area (Å²) in [6, 6.07) is 5.53. The SMILES string of the molecule is CCCC(C1=CC(C(N)=O)(N2CCCCC2N2CCCCC2=O)C=CC1C(=O)NC)c1ccc(Cl)c(Cl)c1. The zero-order valence-corrected chi connectivity index (χ0v) is 23.7. The fourth-order valence-corrected chi connectivity index (χ4v) is 6.59. The molecule has 2 saturated heterocycles. The first-order chi connectivity index (χ1) is 18.2. The Kier molecular flexibility index (Phi) is 9.22. The number of hydrogen-bond donors (Lipinski definition) is 2. The van der Waals surface area contributed by atoms with Crippen molar-refractivity contribution in [2.24, 2.45) is 11.7 Å². The fourth-order valence-electron chi connectivity index (χ4n) is 6.29. The Labute approximate surface area is 235 Å². The Balaban J connectivity index is 1.86. The number of likely N-dealkylation sites (tertiary alicyclic amines) is 2. The lowest BCUT2D eigenvalue weighted by molar-refractivity contribution is -0.148. The van der Waals surface area contributed by atoms with Crippen LogP contribution in [0.4, 0.5) is 0 Å². The van der Waals surface area contributed by atoms with Crippen LogP contribution in [-0.2, 0) is 14.4 Å². The molecular formula is C29H38Cl2N4O3. The largest absolute Gasteiger partial charge is 0.367 e. The highest BCUT2D eigenvalue weighted by atomic mass is 35.5. The van der Waals surface area contributed by atoms with Crippen molar-refractivity contribution in [1.82, 2.24) is 15.1 Å². The van der Waals surface area contributed by atoms with E-state index in [1.807, 2.05) is 29.2 Å². The van der Waals surface area contributed by atoms with Gasteiger partial charge in [-0.15, -0.1) is 0 Å². The van der Waals surface area contributed by atoms with Gasteiger partial charge in [0.05, 0.1) is 22.1 Å².